The number of ether oxygens (including phenoxy) is 1. The fourth-order valence-corrected chi connectivity index (χ4v) is 17.2. The lowest BCUT2D eigenvalue weighted by Gasteiger charge is -2.26. The minimum absolute atomic E-state index is 0.0557. The van der Waals surface area contributed by atoms with Crippen LogP contribution < -0.4 is 38.2 Å². The number of fused-ring (bicyclic) bond motifs is 12. The first-order chi connectivity index (χ1) is 58.7. The molecule has 0 radical (unpaired) electrons. The second kappa shape index (κ2) is 35.6. The van der Waals surface area contributed by atoms with Crippen molar-refractivity contribution in [3.05, 3.63) is 283 Å². The van der Waals surface area contributed by atoms with Crippen molar-refractivity contribution in [1.82, 2.24) is 78.0 Å². The molecule has 8 aromatic carbocycles. The Labute approximate surface area is 690 Å². The molecule has 25 heteroatoms. The van der Waals surface area contributed by atoms with Crippen LogP contribution in [0, 0.1) is 0 Å². The lowest BCUT2D eigenvalue weighted by molar-refractivity contribution is 0.0383. The van der Waals surface area contributed by atoms with Crippen molar-refractivity contribution in [2.24, 2.45) is 0 Å². The highest BCUT2D eigenvalue weighted by molar-refractivity contribution is 6.06. The summed E-state index contributed by atoms with van der Waals surface area (Å²) in [6.07, 6.45) is 13.9. The molecule has 3 N–H and O–H groups in total. The van der Waals surface area contributed by atoms with Crippen molar-refractivity contribution >= 4 is 133 Å². The highest BCUT2D eigenvalue weighted by Gasteiger charge is 2.32. The number of piperidine rings is 1. The third-order valence-corrected chi connectivity index (χ3v) is 23.7. The molecule has 120 heavy (non-hydrogen) atoms. The van der Waals surface area contributed by atoms with E-state index in [2.05, 4.69) is 59.4 Å². The van der Waals surface area contributed by atoms with E-state index >= 15 is 0 Å². The van der Waals surface area contributed by atoms with Crippen LogP contribution in [0.4, 0.5) is 0 Å². The summed E-state index contributed by atoms with van der Waals surface area (Å²) in [6, 6.07) is 60.9. The van der Waals surface area contributed by atoms with E-state index in [1.807, 2.05) is 150 Å². The number of nitrogens with zero attached hydrogens (tertiary/aromatic N) is 13. The molecule has 16 aromatic rings. The van der Waals surface area contributed by atoms with E-state index < -0.39 is 0 Å². The minimum atomic E-state index is -0.228. The summed E-state index contributed by atoms with van der Waals surface area (Å²) in [5, 5.41) is 19.2. The summed E-state index contributed by atoms with van der Waals surface area (Å²) in [5.74, 6) is -0.681. The molecule has 4 amide bonds. The number of aromatic nitrogens is 8. The molecule has 25 nitrogen and oxygen atoms in total. The van der Waals surface area contributed by atoms with Crippen LogP contribution in [-0.2, 0) is 4.74 Å². The SMILES string of the molecule is CCN(CC)C1CCN(C(=O)c2cccn3c(=O)c4cc5ccccc5cc4nc23)C1.O=C(NCCN1CCCC1)c1cccn2c(=O)c3cc4ccccc4cc3nc12.O=C(NCCN1CCCCC1)c1cccn2c(=O)c3cc4ccccc4cc3nc12.O=C(NCCN1CCOCC1)c1cccn2c(=O)c3cc4ccccc4cc3nc12. The quantitative estimate of drug-likeness (QED) is 0.0759. The predicted molar refractivity (Wildman–Crippen MR) is 473 cm³/mol. The first kappa shape index (κ1) is 79.4. The number of nitrogens with one attached hydrogen (secondary N) is 3. The Morgan fingerprint density at radius 3 is 0.983 bits per heavy atom. The third-order valence-electron chi connectivity index (χ3n) is 23.7. The maximum absolute atomic E-state index is 13.4. The van der Waals surface area contributed by atoms with Crippen LogP contribution in [-0.4, -0.2) is 210 Å². The summed E-state index contributed by atoms with van der Waals surface area (Å²) in [6.45, 7) is 19.5. The van der Waals surface area contributed by atoms with E-state index in [0.29, 0.717) is 121 Å². The van der Waals surface area contributed by atoms with Gasteiger partial charge in [0.1, 0.15) is 0 Å². The average molecular weight is 1600 g/mol. The van der Waals surface area contributed by atoms with Crippen molar-refractivity contribution in [3.63, 3.8) is 0 Å². The molecule has 4 saturated heterocycles. The molecule has 0 aliphatic carbocycles. The number of likely N-dealkylation sites (N-methyl/N-ethyl adjacent to an activating group) is 1. The topological polar surface area (TPSA) is 267 Å². The van der Waals surface area contributed by atoms with Crippen LogP contribution in [0.5, 0.6) is 0 Å². The number of pyridine rings is 4. The Morgan fingerprint density at radius 1 is 0.367 bits per heavy atom. The maximum atomic E-state index is 13.4. The van der Waals surface area contributed by atoms with E-state index in [1.165, 1.54) is 49.7 Å². The Bertz CT molecular complexity index is 6700. The number of benzene rings is 8. The Morgan fingerprint density at radius 2 is 0.658 bits per heavy atom. The number of hydrogen-bond donors (Lipinski definition) is 3. The smallest absolute Gasteiger partial charge is 0.265 e. The van der Waals surface area contributed by atoms with Gasteiger partial charge in [0.15, 0.2) is 22.6 Å². The largest absolute Gasteiger partial charge is 0.379 e. The standard InChI is InChI=1S/C25H26N4O2.C24H24N4O2.C23H22N4O3.C23H22N4O2/c1-3-27(4-2)19-11-13-28(16-19)24(30)20-10-7-12-29-23(20)26-22-15-18-9-6-5-8-17(18)14-21(22)25(29)31;29-23(25-10-14-27-11-4-1-5-12-27)19-9-6-13-28-22(19)26-21-16-18-8-3-2-7-17(18)15-20(21)24(28)30;28-22(24-7-9-26-10-12-30-13-11-26)18-6-3-8-27-21(18)25-20-15-17-5-2-1-4-16(17)14-19(20)23(27)29;28-22(24-9-13-26-10-3-4-11-26)18-8-5-12-27-21(18)25-20-15-17-7-2-1-6-16(17)14-19(20)23(27)29/h5-10,12,14-15,19H,3-4,11,13,16H2,1-2H3;2-3,6-9,13,15-16H,1,4-5,10-12,14H2,(H,25,29);1-6,8,14-15H,7,9-13H2,(H,24,28);1-2,5-8,12,14-15H,3-4,9-11,13H2,(H,24,28). The van der Waals surface area contributed by atoms with Gasteiger partial charge in [0, 0.05) is 96.3 Å². The molecule has 20 rings (SSSR count). The summed E-state index contributed by atoms with van der Waals surface area (Å²) in [7, 11) is 0. The maximum Gasteiger partial charge on any atom is 0.265 e. The summed E-state index contributed by atoms with van der Waals surface area (Å²) in [4.78, 5) is 135. The summed E-state index contributed by atoms with van der Waals surface area (Å²) < 4.78 is 11.2. The first-order valence-corrected chi connectivity index (χ1v) is 41.7. The van der Waals surface area contributed by atoms with Gasteiger partial charge in [-0.05, 0) is 212 Å². The van der Waals surface area contributed by atoms with Gasteiger partial charge in [-0.1, -0.05) is 117 Å². The molecular weight excluding hydrogens is 1510 g/mol. The molecule has 4 aliphatic rings. The number of likely N-dealkylation sites (tertiary alicyclic amines) is 3. The van der Waals surface area contributed by atoms with Crippen LogP contribution in [0.25, 0.3) is 109 Å². The zero-order valence-electron chi connectivity index (χ0n) is 67.3. The van der Waals surface area contributed by atoms with Gasteiger partial charge in [0.2, 0.25) is 0 Å². The molecule has 4 fully saturated rings. The molecule has 1 atom stereocenters. The van der Waals surface area contributed by atoms with Gasteiger partial charge in [0.25, 0.3) is 45.9 Å². The van der Waals surface area contributed by atoms with Crippen molar-refractivity contribution in [1.29, 1.82) is 0 Å². The number of morpholine rings is 1. The van der Waals surface area contributed by atoms with Crippen LogP contribution in [0.1, 0.15) is 93.8 Å². The van der Waals surface area contributed by atoms with Crippen LogP contribution in [0.3, 0.4) is 0 Å². The van der Waals surface area contributed by atoms with Gasteiger partial charge >= 0.3 is 0 Å². The van der Waals surface area contributed by atoms with E-state index in [9.17, 15) is 38.4 Å². The predicted octanol–water partition coefficient (Wildman–Crippen LogP) is 11.7. The number of carbonyl (C=O) groups is 4. The molecule has 0 bridgehead atoms. The Kier molecular flexibility index (Phi) is 23.6. The minimum Gasteiger partial charge on any atom is -0.379 e. The number of hydrogen-bond acceptors (Lipinski definition) is 17. The van der Waals surface area contributed by atoms with Gasteiger partial charge in [-0.2, -0.15) is 0 Å². The van der Waals surface area contributed by atoms with E-state index in [4.69, 9.17) is 14.7 Å². The molecule has 8 aromatic heterocycles. The van der Waals surface area contributed by atoms with Crippen LogP contribution >= 0.6 is 0 Å². The van der Waals surface area contributed by atoms with Crippen molar-refractivity contribution in [2.75, 3.05) is 118 Å². The van der Waals surface area contributed by atoms with Gasteiger partial charge < -0.3 is 35.4 Å². The molecule has 1 unspecified atom stereocenters. The fourth-order valence-electron chi connectivity index (χ4n) is 17.2. The fraction of sp³-hybridized carbons (Fsp3) is 0.284. The van der Waals surface area contributed by atoms with Crippen molar-refractivity contribution in [3.8, 4) is 0 Å². The van der Waals surface area contributed by atoms with Crippen LogP contribution in [0.15, 0.2) is 238 Å². The second-order valence-electron chi connectivity index (χ2n) is 31.1. The Balaban J connectivity index is 0.000000114. The van der Waals surface area contributed by atoms with Gasteiger partial charge in [0.05, 0.1) is 79.1 Å². The molecule has 0 saturated carbocycles. The lowest BCUT2D eigenvalue weighted by Crippen LogP contribution is -2.41. The van der Waals surface area contributed by atoms with E-state index in [0.717, 1.165) is 141 Å². The van der Waals surface area contributed by atoms with Crippen molar-refractivity contribution < 1.29 is 23.9 Å². The lowest BCUT2D eigenvalue weighted by atomic mass is 10.1. The Hall–Kier alpha value is -13.0. The summed E-state index contributed by atoms with van der Waals surface area (Å²) in [5.41, 5.74) is 5.04. The van der Waals surface area contributed by atoms with Gasteiger partial charge in [-0.25, -0.2) is 19.9 Å². The van der Waals surface area contributed by atoms with Crippen LogP contribution in [0.2, 0.25) is 0 Å². The monoisotopic (exact) mass is 1600 g/mol. The van der Waals surface area contributed by atoms with Gasteiger partial charge in [-0.15, -0.1) is 0 Å². The average Bonchev–Trinajstić information content (AvgIpc) is 0.892. The number of rotatable bonds is 16. The third kappa shape index (κ3) is 16.7. The van der Waals surface area contributed by atoms with E-state index in [-0.39, 0.29) is 45.9 Å². The number of amides is 4. The number of carbonyl (C=O) groups excluding carboxylic acids is 4. The second-order valence-corrected chi connectivity index (χ2v) is 31.1. The molecule has 12 heterocycles. The van der Waals surface area contributed by atoms with Crippen molar-refractivity contribution in [2.45, 2.75) is 58.4 Å². The highest BCUT2D eigenvalue weighted by atomic mass is 16.5. The zero-order valence-corrected chi connectivity index (χ0v) is 67.3. The normalized spacial score (nSPS) is 15.4. The van der Waals surface area contributed by atoms with E-state index in [1.54, 1.807) is 73.3 Å². The zero-order chi connectivity index (χ0) is 82.3. The molecule has 4 aliphatic heterocycles. The summed E-state index contributed by atoms with van der Waals surface area (Å²) >= 11 is 0. The molecular formula is C95H94N16O9. The first-order valence-electron chi connectivity index (χ1n) is 41.7. The van der Waals surface area contributed by atoms with Gasteiger partial charge in [-0.3, -0.25) is 65.8 Å². The molecule has 0 spiro atoms. The molecule has 608 valence electrons. The highest BCUT2D eigenvalue weighted by Crippen LogP contribution is 2.28.